The van der Waals surface area contributed by atoms with Gasteiger partial charge in [-0.2, -0.15) is 0 Å². The van der Waals surface area contributed by atoms with Gasteiger partial charge in [-0.25, -0.2) is 4.98 Å². The molecule has 7 heteroatoms. The third-order valence-electron chi connectivity index (χ3n) is 4.11. The van der Waals surface area contributed by atoms with Crippen molar-refractivity contribution in [2.75, 3.05) is 17.2 Å². The maximum Gasteiger partial charge on any atom is 0.237 e. The average molecular weight is 371 g/mol. The minimum atomic E-state index is 0.0686. The second-order valence-corrected chi connectivity index (χ2v) is 7.01. The monoisotopic (exact) mass is 370 g/mol. The lowest BCUT2D eigenvalue weighted by Crippen LogP contribution is -2.30. The van der Waals surface area contributed by atoms with Crippen LogP contribution in [-0.2, 0) is 11.2 Å². The zero-order chi connectivity index (χ0) is 17.2. The number of halogens is 1. The van der Waals surface area contributed by atoms with Crippen LogP contribution in [0, 0.1) is 0 Å². The number of aromatic amines is 1. The van der Waals surface area contributed by atoms with E-state index in [2.05, 4.69) is 21.2 Å². The first-order chi connectivity index (χ1) is 12.2. The summed E-state index contributed by atoms with van der Waals surface area (Å²) in [5, 5.41) is 8.20. The number of amides is 1. The molecule has 126 valence electrons. The van der Waals surface area contributed by atoms with Gasteiger partial charge >= 0.3 is 0 Å². The number of hydrogen-bond acceptors (Lipinski definition) is 4. The van der Waals surface area contributed by atoms with E-state index in [0.29, 0.717) is 21.8 Å². The molecule has 3 aromatic rings. The Kier molecular flexibility index (Phi) is 4.46. The molecule has 0 spiro atoms. The van der Waals surface area contributed by atoms with E-state index < -0.39 is 0 Å². The number of anilines is 1. The fourth-order valence-corrected chi connectivity index (χ4v) is 3.79. The molecule has 0 aliphatic carbocycles. The lowest BCUT2D eigenvalue weighted by molar-refractivity contribution is -0.116. The fourth-order valence-electron chi connectivity index (χ4n) is 2.89. The van der Waals surface area contributed by atoms with E-state index in [1.54, 1.807) is 6.07 Å². The molecule has 25 heavy (non-hydrogen) atoms. The Morgan fingerprint density at radius 2 is 2.00 bits per heavy atom. The summed E-state index contributed by atoms with van der Waals surface area (Å²) in [5.41, 5.74) is 3.03. The van der Waals surface area contributed by atoms with E-state index in [1.165, 1.54) is 17.3 Å². The Labute approximate surface area is 154 Å². The predicted octanol–water partition coefficient (Wildman–Crippen LogP) is 3.81. The topological polar surface area (TPSA) is 61.9 Å². The van der Waals surface area contributed by atoms with Crippen LogP contribution in [-0.4, -0.2) is 33.4 Å². The number of fused-ring (bicyclic) bond motifs is 1. The van der Waals surface area contributed by atoms with E-state index in [-0.39, 0.29) is 5.91 Å². The van der Waals surface area contributed by atoms with Gasteiger partial charge in [0.1, 0.15) is 0 Å². The van der Waals surface area contributed by atoms with Gasteiger partial charge in [0.25, 0.3) is 0 Å². The Morgan fingerprint density at radius 1 is 1.20 bits per heavy atom. The molecule has 2 aromatic carbocycles. The summed E-state index contributed by atoms with van der Waals surface area (Å²) < 4.78 is 0. The van der Waals surface area contributed by atoms with Gasteiger partial charge in [-0.1, -0.05) is 53.7 Å². The number of carbonyl (C=O) groups excluding carboxylic acids is 1. The molecule has 0 saturated carbocycles. The second kappa shape index (κ2) is 6.90. The standard InChI is InChI=1S/C18H15ClN4OS/c19-14-7-3-2-6-13(14)17-20-18(22-21-17)25-11-16(24)23-10-9-12-5-1-4-8-15(12)23/h1-8H,9-11H2,(H,20,21,22). The number of carbonyl (C=O) groups is 1. The minimum absolute atomic E-state index is 0.0686. The van der Waals surface area contributed by atoms with Crippen LogP contribution in [0.5, 0.6) is 0 Å². The Balaban J connectivity index is 1.43. The van der Waals surface area contributed by atoms with Crippen molar-refractivity contribution in [1.82, 2.24) is 15.2 Å². The molecule has 0 radical (unpaired) electrons. The van der Waals surface area contributed by atoms with Crippen LogP contribution >= 0.6 is 23.4 Å². The molecule has 1 amide bonds. The van der Waals surface area contributed by atoms with Gasteiger partial charge < -0.3 is 4.90 Å². The summed E-state index contributed by atoms with van der Waals surface area (Å²) in [6, 6.07) is 15.5. The number of H-pyrrole nitrogens is 1. The predicted molar refractivity (Wildman–Crippen MR) is 100 cm³/mol. The van der Waals surface area contributed by atoms with Crippen LogP contribution in [0.2, 0.25) is 5.02 Å². The van der Waals surface area contributed by atoms with Crippen molar-refractivity contribution in [1.29, 1.82) is 0 Å². The van der Waals surface area contributed by atoms with Crippen molar-refractivity contribution in [3.05, 3.63) is 59.1 Å². The van der Waals surface area contributed by atoms with Gasteiger partial charge in [0, 0.05) is 17.8 Å². The molecule has 1 aliphatic heterocycles. The first-order valence-corrected chi connectivity index (χ1v) is 9.27. The van der Waals surface area contributed by atoms with Crippen molar-refractivity contribution in [3.63, 3.8) is 0 Å². The smallest absolute Gasteiger partial charge is 0.237 e. The minimum Gasteiger partial charge on any atom is -0.311 e. The van der Waals surface area contributed by atoms with Crippen molar-refractivity contribution < 1.29 is 4.79 Å². The Bertz CT molecular complexity index is 927. The molecular formula is C18H15ClN4OS. The van der Waals surface area contributed by atoms with Gasteiger partial charge in [0.15, 0.2) is 5.82 Å². The van der Waals surface area contributed by atoms with Gasteiger partial charge in [-0.05, 0) is 30.2 Å². The zero-order valence-corrected chi connectivity index (χ0v) is 14.8. The molecule has 0 fully saturated rings. The highest BCUT2D eigenvalue weighted by molar-refractivity contribution is 7.99. The highest BCUT2D eigenvalue weighted by atomic mass is 35.5. The first-order valence-electron chi connectivity index (χ1n) is 7.91. The van der Waals surface area contributed by atoms with Gasteiger partial charge in [0.05, 0.1) is 10.8 Å². The van der Waals surface area contributed by atoms with Crippen molar-refractivity contribution >= 4 is 35.0 Å². The van der Waals surface area contributed by atoms with Crippen molar-refractivity contribution in [2.24, 2.45) is 0 Å². The number of benzene rings is 2. The number of nitrogens with zero attached hydrogens (tertiary/aromatic N) is 3. The molecule has 0 saturated heterocycles. The third kappa shape index (κ3) is 3.27. The van der Waals surface area contributed by atoms with Crippen molar-refractivity contribution in [3.8, 4) is 11.4 Å². The largest absolute Gasteiger partial charge is 0.311 e. The summed E-state index contributed by atoms with van der Waals surface area (Å²) in [5.74, 6) is 0.972. The van der Waals surface area contributed by atoms with Crippen LogP contribution in [0.15, 0.2) is 53.7 Å². The summed E-state index contributed by atoms with van der Waals surface area (Å²) in [6.45, 7) is 0.734. The molecule has 4 rings (SSSR count). The normalized spacial score (nSPS) is 13.1. The van der Waals surface area contributed by atoms with Crippen LogP contribution in [0.3, 0.4) is 0 Å². The molecule has 0 unspecified atom stereocenters. The van der Waals surface area contributed by atoms with Crippen LogP contribution in [0.4, 0.5) is 5.69 Å². The number of para-hydroxylation sites is 1. The Hall–Kier alpha value is -2.31. The van der Waals surface area contributed by atoms with E-state index in [4.69, 9.17) is 11.6 Å². The summed E-state index contributed by atoms with van der Waals surface area (Å²) >= 11 is 7.50. The van der Waals surface area contributed by atoms with E-state index >= 15 is 0 Å². The second-order valence-electron chi connectivity index (χ2n) is 5.66. The Morgan fingerprint density at radius 3 is 2.88 bits per heavy atom. The van der Waals surface area contributed by atoms with Crippen molar-refractivity contribution in [2.45, 2.75) is 11.6 Å². The molecule has 1 aromatic heterocycles. The van der Waals surface area contributed by atoms with Gasteiger partial charge in [-0.3, -0.25) is 9.89 Å². The fraction of sp³-hybridized carbons (Fsp3) is 0.167. The third-order valence-corrected chi connectivity index (χ3v) is 5.27. The number of nitrogens with one attached hydrogen (secondary N) is 1. The molecule has 1 aliphatic rings. The number of hydrogen-bond donors (Lipinski definition) is 1. The van der Waals surface area contributed by atoms with Crippen LogP contribution in [0.1, 0.15) is 5.56 Å². The van der Waals surface area contributed by atoms with E-state index in [1.807, 2.05) is 41.3 Å². The highest BCUT2D eigenvalue weighted by Crippen LogP contribution is 2.29. The molecule has 1 N–H and O–H groups in total. The zero-order valence-electron chi connectivity index (χ0n) is 13.3. The summed E-state index contributed by atoms with van der Waals surface area (Å²) in [7, 11) is 0. The molecule has 0 bridgehead atoms. The maximum absolute atomic E-state index is 12.5. The SMILES string of the molecule is O=C(CSc1n[nH]c(-c2ccccc2Cl)n1)N1CCc2ccccc21. The molecule has 5 nitrogen and oxygen atoms in total. The van der Waals surface area contributed by atoms with E-state index in [0.717, 1.165) is 24.2 Å². The average Bonchev–Trinajstić information content (AvgIpc) is 3.27. The number of rotatable bonds is 4. The highest BCUT2D eigenvalue weighted by Gasteiger charge is 2.24. The number of aromatic nitrogens is 3. The van der Waals surface area contributed by atoms with Crippen LogP contribution < -0.4 is 4.90 Å². The lowest BCUT2D eigenvalue weighted by Gasteiger charge is -2.16. The quantitative estimate of drug-likeness (QED) is 0.709. The van der Waals surface area contributed by atoms with Gasteiger partial charge in [0.2, 0.25) is 11.1 Å². The lowest BCUT2D eigenvalue weighted by atomic mass is 10.2. The molecule has 0 atom stereocenters. The van der Waals surface area contributed by atoms with Gasteiger partial charge in [-0.15, -0.1) is 5.10 Å². The maximum atomic E-state index is 12.5. The summed E-state index contributed by atoms with van der Waals surface area (Å²) in [4.78, 5) is 18.8. The van der Waals surface area contributed by atoms with Crippen LogP contribution in [0.25, 0.3) is 11.4 Å². The molecule has 2 heterocycles. The number of thioether (sulfide) groups is 1. The first kappa shape index (κ1) is 16.2. The van der Waals surface area contributed by atoms with E-state index in [9.17, 15) is 4.79 Å². The summed E-state index contributed by atoms with van der Waals surface area (Å²) in [6.07, 6.45) is 0.907. The molecular weight excluding hydrogens is 356 g/mol.